The third-order valence-corrected chi connectivity index (χ3v) is 4.95. The largest absolute Gasteiger partial charge is 0.336 e. The second-order valence-corrected chi connectivity index (χ2v) is 6.80. The number of carbonyl (C=O) groups excluding carboxylic acids is 2. The van der Waals surface area contributed by atoms with Crippen molar-refractivity contribution >= 4 is 29.1 Å². The van der Waals surface area contributed by atoms with Crippen LogP contribution in [0.1, 0.15) is 27.6 Å². The van der Waals surface area contributed by atoms with Gasteiger partial charge in [0.15, 0.2) is 0 Å². The van der Waals surface area contributed by atoms with E-state index in [9.17, 15) is 14.0 Å². The van der Waals surface area contributed by atoms with E-state index in [0.717, 1.165) is 19.6 Å². The molecule has 0 spiro atoms. The third kappa shape index (κ3) is 4.64. The van der Waals surface area contributed by atoms with Crippen LogP contribution in [-0.4, -0.2) is 54.3 Å². The molecule has 1 aliphatic heterocycles. The summed E-state index contributed by atoms with van der Waals surface area (Å²) in [5.41, 5.74) is 1.22. The lowest BCUT2D eigenvalue weighted by Crippen LogP contribution is -2.48. The molecular weight excluding hydrogens is 369 g/mol. The summed E-state index contributed by atoms with van der Waals surface area (Å²) in [5, 5.41) is 2.60. The lowest BCUT2D eigenvalue weighted by molar-refractivity contribution is 0.0643. The van der Waals surface area contributed by atoms with E-state index in [1.54, 1.807) is 24.3 Å². The summed E-state index contributed by atoms with van der Waals surface area (Å²) in [7, 11) is 0. The van der Waals surface area contributed by atoms with Gasteiger partial charge in [-0.25, -0.2) is 4.39 Å². The Balaban J connectivity index is 1.70. The normalized spacial score (nSPS) is 14.9. The Kier molecular flexibility index (Phi) is 6.08. The number of hydrogen-bond acceptors (Lipinski definition) is 3. The molecule has 1 aliphatic rings. The standard InChI is InChI=1S/C20H21ClFN3O2/c1-2-24-8-10-25(11-9-24)20(27)15-5-3-4-14(12-15)19(26)23-16-6-7-18(22)17(21)13-16/h3-7,12-13H,2,8-11H2,1H3,(H,23,26). The van der Waals surface area contributed by atoms with Crippen molar-refractivity contribution in [3.63, 3.8) is 0 Å². The van der Waals surface area contributed by atoms with Gasteiger partial charge in [-0.2, -0.15) is 0 Å². The quantitative estimate of drug-likeness (QED) is 0.870. The van der Waals surface area contributed by atoms with Gasteiger partial charge in [0.25, 0.3) is 11.8 Å². The first-order valence-electron chi connectivity index (χ1n) is 8.86. The molecule has 1 saturated heterocycles. The Morgan fingerprint density at radius 3 is 2.44 bits per heavy atom. The van der Waals surface area contributed by atoms with Gasteiger partial charge in [0.2, 0.25) is 0 Å². The van der Waals surface area contributed by atoms with Crippen LogP contribution in [0, 0.1) is 5.82 Å². The van der Waals surface area contributed by atoms with Gasteiger partial charge < -0.3 is 15.1 Å². The van der Waals surface area contributed by atoms with Gasteiger partial charge in [0, 0.05) is 43.0 Å². The molecule has 0 unspecified atom stereocenters. The number of anilines is 1. The summed E-state index contributed by atoms with van der Waals surface area (Å²) in [6.45, 7) is 6.15. The number of amides is 2. The van der Waals surface area contributed by atoms with Gasteiger partial charge in [-0.1, -0.05) is 24.6 Å². The number of carbonyl (C=O) groups is 2. The molecule has 2 aromatic carbocycles. The molecule has 3 rings (SSSR count). The number of rotatable bonds is 4. The number of nitrogens with zero attached hydrogens (tertiary/aromatic N) is 2. The minimum absolute atomic E-state index is 0.0667. The zero-order chi connectivity index (χ0) is 19.4. The highest BCUT2D eigenvalue weighted by molar-refractivity contribution is 6.31. The van der Waals surface area contributed by atoms with Gasteiger partial charge >= 0.3 is 0 Å². The summed E-state index contributed by atoms with van der Waals surface area (Å²) in [6, 6.07) is 10.6. The Morgan fingerprint density at radius 2 is 1.78 bits per heavy atom. The molecule has 2 aromatic rings. The van der Waals surface area contributed by atoms with Crippen molar-refractivity contribution in [2.24, 2.45) is 0 Å². The highest BCUT2D eigenvalue weighted by atomic mass is 35.5. The fourth-order valence-corrected chi connectivity index (χ4v) is 3.20. The van der Waals surface area contributed by atoms with Crippen LogP contribution in [0.5, 0.6) is 0 Å². The smallest absolute Gasteiger partial charge is 0.255 e. The van der Waals surface area contributed by atoms with E-state index in [4.69, 9.17) is 11.6 Å². The van der Waals surface area contributed by atoms with Crippen LogP contribution in [0.15, 0.2) is 42.5 Å². The topological polar surface area (TPSA) is 52.7 Å². The Bertz CT molecular complexity index is 851. The molecule has 1 N–H and O–H groups in total. The maximum Gasteiger partial charge on any atom is 0.255 e. The van der Waals surface area contributed by atoms with Crippen LogP contribution >= 0.6 is 11.6 Å². The molecule has 1 fully saturated rings. The fraction of sp³-hybridized carbons (Fsp3) is 0.300. The first kappa shape index (κ1) is 19.3. The van der Waals surface area contributed by atoms with Crippen molar-refractivity contribution in [3.8, 4) is 0 Å². The maximum absolute atomic E-state index is 13.2. The SMILES string of the molecule is CCN1CCN(C(=O)c2cccc(C(=O)Nc3ccc(F)c(Cl)c3)c2)CC1. The Hall–Kier alpha value is -2.44. The second-order valence-electron chi connectivity index (χ2n) is 6.39. The van der Waals surface area contributed by atoms with E-state index in [0.29, 0.717) is 29.9 Å². The van der Waals surface area contributed by atoms with Crippen molar-refractivity contribution < 1.29 is 14.0 Å². The molecule has 7 heteroatoms. The average Bonchev–Trinajstić information content (AvgIpc) is 2.70. The molecule has 5 nitrogen and oxygen atoms in total. The molecule has 2 amide bonds. The summed E-state index contributed by atoms with van der Waals surface area (Å²) in [4.78, 5) is 29.3. The van der Waals surface area contributed by atoms with Gasteiger partial charge in [0.05, 0.1) is 5.02 Å². The van der Waals surface area contributed by atoms with Gasteiger partial charge in [-0.05, 0) is 42.9 Å². The Morgan fingerprint density at radius 1 is 1.07 bits per heavy atom. The van der Waals surface area contributed by atoms with Crippen LogP contribution in [0.2, 0.25) is 5.02 Å². The number of nitrogens with one attached hydrogen (secondary N) is 1. The highest BCUT2D eigenvalue weighted by Gasteiger charge is 2.22. The number of benzene rings is 2. The molecule has 0 bridgehead atoms. The molecule has 0 atom stereocenters. The minimum atomic E-state index is -0.551. The van der Waals surface area contributed by atoms with Crippen LogP contribution in [0.3, 0.4) is 0 Å². The second kappa shape index (κ2) is 8.50. The average molecular weight is 390 g/mol. The van der Waals surface area contributed by atoms with E-state index >= 15 is 0 Å². The fourth-order valence-electron chi connectivity index (χ4n) is 3.02. The first-order chi connectivity index (χ1) is 13.0. The lowest BCUT2D eigenvalue weighted by atomic mass is 10.1. The van der Waals surface area contributed by atoms with E-state index in [1.807, 2.05) is 4.90 Å². The first-order valence-corrected chi connectivity index (χ1v) is 9.24. The molecule has 0 saturated carbocycles. The molecule has 27 heavy (non-hydrogen) atoms. The zero-order valence-electron chi connectivity index (χ0n) is 15.0. The molecular formula is C20H21ClFN3O2. The van der Waals surface area contributed by atoms with Crippen molar-refractivity contribution in [3.05, 3.63) is 64.4 Å². The van der Waals surface area contributed by atoms with Gasteiger partial charge in [-0.15, -0.1) is 0 Å². The monoisotopic (exact) mass is 389 g/mol. The molecule has 0 radical (unpaired) electrons. The molecule has 0 aromatic heterocycles. The van der Waals surface area contributed by atoms with E-state index in [2.05, 4.69) is 17.1 Å². The van der Waals surface area contributed by atoms with Crippen LogP contribution < -0.4 is 5.32 Å². The van der Waals surface area contributed by atoms with Gasteiger partial charge in [-0.3, -0.25) is 9.59 Å². The molecule has 142 valence electrons. The van der Waals surface area contributed by atoms with Crippen molar-refractivity contribution in [1.29, 1.82) is 0 Å². The summed E-state index contributed by atoms with van der Waals surface area (Å²) < 4.78 is 13.2. The minimum Gasteiger partial charge on any atom is -0.336 e. The number of halogens is 2. The predicted octanol–water partition coefficient (Wildman–Crippen LogP) is 3.51. The maximum atomic E-state index is 13.2. The van der Waals surface area contributed by atoms with E-state index in [-0.39, 0.29) is 16.8 Å². The van der Waals surface area contributed by atoms with Crippen LogP contribution in [-0.2, 0) is 0 Å². The van der Waals surface area contributed by atoms with E-state index in [1.165, 1.54) is 18.2 Å². The van der Waals surface area contributed by atoms with E-state index < -0.39 is 5.82 Å². The summed E-state index contributed by atoms with van der Waals surface area (Å²) >= 11 is 5.74. The predicted molar refractivity (Wildman–Crippen MR) is 104 cm³/mol. The van der Waals surface area contributed by atoms with Crippen LogP contribution in [0.25, 0.3) is 0 Å². The summed E-state index contributed by atoms with van der Waals surface area (Å²) in [5.74, 6) is -1.02. The van der Waals surface area contributed by atoms with Crippen LogP contribution in [0.4, 0.5) is 10.1 Å². The zero-order valence-corrected chi connectivity index (χ0v) is 15.8. The third-order valence-electron chi connectivity index (χ3n) is 4.66. The molecule has 0 aliphatic carbocycles. The summed E-state index contributed by atoms with van der Waals surface area (Å²) in [6.07, 6.45) is 0. The number of piperazine rings is 1. The van der Waals surface area contributed by atoms with Crippen molar-refractivity contribution in [2.75, 3.05) is 38.0 Å². The molecule has 1 heterocycles. The number of likely N-dealkylation sites (N-methyl/N-ethyl adjacent to an activating group) is 1. The van der Waals surface area contributed by atoms with Gasteiger partial charge in [0.1, 0.15) is 5.82 Å². The Labute approximate surface area is 162 Å². The van der Waals surface area contributed by atoms with Crippen molar-refractivity contribution in [2.45, 2.75) is 6.92 Å². The lowest BCUT2D eigenvalue weighted by Gasteiger charge is -2.34. The van der Waals surface area contributed by atoms with Crippen molar-refractivity contribution in [1.82, 2.24) is 9.80 Å². The number of hydrogen-bond donors (Lipinski definition) is 1. The highest BCUT2D eigenvalue weighted by Crippen LogP contribution is 2.20.